The molecular formula is C22H24N2O4S. The van der Waals surface area contributed by atoms with Crippen molar-refractivity contribution >= 4 is 34.8 Å². The minimum absolute atomic E-state index is 0.264. The molecule has 152 valence electrons. The van der Waals surface area contributed by atoms with Crippen LogP contribution in [0.25, 0.3) is 0 Å². The summed E-state index contributed by atoms with van der Waals surface area (Å²) >= 11 is 1.52. The van der Waals surface area contributed by atoms with Gasteiger partial charge in [-0.25, -0.2) is 4.90 Å². The van der Waals surface area contributed by atoms with Crippen LogP contribution in [0.1, 0.15) is 37.1 Å². The van der Waals surface area contributed by atoms with Crippen LogP contribution in [0.3, 0.4) is 0 Å². The van der Waals surface area contributed by atoms with E-state index >= 15 is 0 Å². The Morgan fingerprint density at radius 2 is 1.93 bits per heavy atom. The average molecular weight is 413 g/mol. The van der Waals surface area contributed by atoms with Crippen molar-refractivity contribution in [1.82, 2.24) is 5.32 Å². The van der Waals surface area contributed by atoms with Gasteiger partial charge in [-0.3, -0.25) is 19.7 Å². The molecule has 0 radical (unpaired) electrons. The van der Waals surface area contributed by atoms with Gasteiger partial charge in [0.1, 0.15) is 5.54 Å². The van der Waals surface area contributed by atoms with Gasteiger partial charge >= 0.3 is 5.97 Å². The molecule has 4 atom stereocenters. The van der Waals surface area contributed by atoms with Gasteiger partial charge in [0.25, 0.3) is 0 Å². The molecule has 2 aliphatic heterocycles. The fourth-order valence-electron chi connectivity index (χ4n) is 4.70. The lowest BCUT2D eigenvalue weighted by molar-refractivity contribution is -0.152. The molecule has 0 aliphatic carbocycles. The molecular weight excluding hydrogens is 388 g/mol. The number of para-hydroxylation sites is 1. The van der Waals surface area contributed by atoms with Gasteiger partial charge in [-0.15, -0.1) is 11.3 Å². The maximum atomic E-state index is 13.6. The van der Waals surface area contributed by atoms with E-state index in [1.807, 2.05) is 30.5 Å². The van der Waals surface area contributed by atoms with Crippen molar-refractivity contribution in [2.45, 2.75) is 37.8 Å². The van der Waals surface area contributed by atoms with E-state index in [1.165, 1.54) is 23.3 Å². The molecule has 2 saturated heterocycles. The van der Waals surface area contributed by atoms with Crippen molar-refractivity contribution in [3.8, 4) is 0 Å². The number of thiophene rings is 1. The first kappa shape index (κ1) is 19.8. The maximum absolute atomic E-state index is 13.6. The monoisotopic (exact) mass is 412 g/mol. The Morgan fingerprint density at radius 3 is 2.55 bits per heavy atom. The van der Waals surface area contributed by atoms with Gasteiger partial charge in [0.05, 0.1) is 30.7 Å². The minimum Gasteiger partial charge on any atom is -0.468 e. The number of ether oxygens (including phenoxy) is 1. The number of hydrogen-bond donors (Lipinski definition) is 1. The molecule has 0 unspecified atom stereocenters. The Balaban J connectivity index is 1.84. The van der Waals surface area contributed by atoms with E-state index in [1.54, 1.807) is 24.3 Å². The first-order valence-corrected chi connectivity index (χ1v) is 10.8. The number of fused-ring (bicyclic) bond motifs is 1. The number of carbonyl (C=O) groups is 3. The normalized spacial score (nSPS) is 28.6. The highest BCUT2D eigenvalue weighted by Crippen LogP contribution is 2.52. The number of unbranched alkanes of at least 4 members (excludes halogenated alkanes) is 1. The summed E-state index contributed by atoms with van der Waals surface area (Å²) < 4.78 is 5.15. The summed E-state index contributed by atoms with van der Waals surface area (Å²) in [5.41, 5.74) is -0.670. The summed E-state index contributed by atoms with van der Waals surface area (Å²) in [5, 5.41) is 5.33. The molecule has 0 bridgehead atoms. The van der Waals surface area contributed by atoms with Gasteiger partial charge in [0, 0.05) is 4.88 Å². The number of anilines is 1. The third-order valence-electron chi connectivity index (χ3n) is 5.99. The second-order valence-corrected chi connectivity index (χ2v) is 8.53. The number of benzene rings is 1. The Bertz CT molecular complexity index is 914. The van der Waals surface area contributed by atoms with E-state index < -0.39 is 29.4 Å². The molecule has 2 amide bonds. The van der Waals surface area contributed by atoms with Gasteiger partial charge in [-0.2, -0.15) is 0 Å². The molecule has 2 aromatic rings. The highest BCUT2D eigenvalue weighted by atomic mass is 32.1. The maximum Gasteiger partial charge on any atom is 0.326 e. The molecule has 7 heteroatoms. The molecule has 0 saturated carbocycles. The molecule has 6 nitrogen and oxygen atoms in total. The summed E-state index contributed by atoms with van der Waals surface area (Å²) in [6.07, 6.45) is 2.06. The van der Waals surface area contributed by atoms with Crippen LogP contribution in [0.4, 0.5) is 5.69 Å². The molecule has 29 heavy (non-hydrogen) atoms. The number of imide groups is 1. The number of nitrogens with one attached hydrogen (secondary N) is 1. The fourth-order valence-corrected chi connectivity index (χ4v) is 5.53. The minimum atomic E-state index is -1.21. The second-order valence-electron chi connectivity index (χ2n) is 7.55. The van der Waals surface area contributed by atoms with Crippen LogP contribution in [0.15, 0.2) is 47.8 Å². The smallest absolute Gasteiger partial charge is 0.326 e. The van der Waals surface area contributed by atoms with Crippen molar-refractivity contribution < 1.29 is 19.1 Å². The topological polar surface area (TPSA) is 75.7 Å². The van der Waals surface area contributed by atoms with E-state index in [-0.39, 0.29) is 11.8 Å². The first-order valence-electron chi connectivity index (χ1n) is 9.87. The summed E-state index contributed by atoms with van der Waals surface area (Å²) in [6.45, 7) is 2.03. The van der Waals surface area contributed by atoms with Crippen LogP contribution in [-0.4, -0.2) is 30.4 Å². The summed E-state index contributed by atoms with van der Waals surface area (Å²) in [6, 6.07) is 12.4. The van der Waals surface area contributed by atoms with Crippen LogP contribution in [-0.2, 0) is 19.1 Å². The standard InChI is InChI=1S/C22H24N2O4S/c1-3-4-12-22(21(27)28-2)17-16(18(23-22)15-11-8-13-29-15)19(25)24(20(17)26)14-9-6-5-7-10-14/h5-11,13,16-18,23H,3-4,12H2,1-2H3/t16-,17+,18-,22-/m0/s1. The lowest BCUT2D eigenvalue weighted by Crippen LogP contribution is -2.56. The van der Waals surface area contributed by atoms with E-state index in [0.717, 1.165) is 17.7 Å². The van der Waals surface area contributed by atoms with Crippen LogP contribution in [0, 0.1) is 11.8 Å². The van der Waals surface area contributed by atoms with Crippen molar-refractivity contribution in [2.24, 2.45) is 11.8 Å². The summed E-state index contributed by atoms with van der Waals surface area (Å²) in [4.78, 5) is 42.3. The van der Waals surface area contributed by atoms with E-state index in [9.17, 15) is 14.4 Å². The zero-order valence-corrected chi connectivity index (χ0v) is 17.3. The first-order chi connectivity index (χ1) is 14.0. The Kier molecular flexibility index (Phi) is 5.27. The Hall–Kier alpha value is -2.51. The zero-order valence-electron chi connectivity index (χ0n) is 16.5. The molecule has 1 aromatic heterocycles. The van der Waals surface area contributed by atoms with Crippen LogP contribution in [0.5, 0.6) is 0 Å². The van der Waals surface area contributed by atoms with Crippen LogP contribution >= 0.6 is 11.3 Å². The number of methoxy groups -OCH3 is 1. The van der Waals surface area contributed by atoms with Gasteiger partial charge in [0.2, 0.25) is 11.8 Å². The largest absolute Gasteiger partial charge is 0.468 e. The SMILES string of the molecule is CCCC[C@]1(C(=O)OC)N[C@@H](c2cccs2)[C@H]2C(=O)N(c3ccccc3)C(=O)[C@@H]21. The number of nitrogens with zero attached hydrogens (tertiary/aromatic N) is 1. The lowest BCUT2D eigenvalue weighted by atomic mass is 9.77. The fraction of sp³-hybridized carbons (Fsp3) is 0.409. The molecule has 3 heterocycles. The summed E-state index contributed by atoms with van der Waals surface area (Å²) in [7, 11) is 1.33. The quantitative estimate of drug-likeness (QED) is 0.582. The molecule has 1 N–H and O–H groups in total. The Morgan fingerprint density at radius 1 is 1.17 bits per heavy atom. The number of hydrogen-bond acceptors (Lipinski definition) is 6. The molecule has 1 aromatic carbocycles. The molecule has 0 spiro atoms. The van der Waals surface area contributed by atoms with Crippen LogP contribution in [0.2, 0.25) is 0 Å². The van der Waals surface area contributed by atoms with Crippen molar-refractivity contribution in [2.75, 3.05) is 12.0 Å². The predicted molar refractivity (Wildman–Crippen MR) is 110 cm³/mol. The van der Waals surface area contributed by atoms with Crippen LogP contribution < -0.4 is 10.2 Å². The molecule has 2 aliphatic rings. The third-order valence-corrected chi connectivity index (χ3v) is 6.95. The number of esters is 1. The van der Waals surface area contributed by atoms with Gasteiger partial charge < -0.3 is 4.74 Å². The number of carbonyl (C=O) groups excluding carboxylic acids is 3. The second kappa shape index (κ2) is 7.72. The van der Waals surface area contributed by atoms with Crippen molar-refractivity contribution in [1.29, 1.82) is 0 Å². The number of amides is 2. The number of rotatable bonds is 6. The van der Waals surface area contributed by atoms with E-state index in [2.05, 4.69) is 5.32 Å². The van der Waals surface area contributed by atoms with Gasteiger partial charge in [-0.1, -0.05) is 44.0 Å². The lowest BCUT2D eigenvalue weighted by Gasteiger charge is -2.32. The highest BCUT2D eigenvalue weighted by Gasteiger charge is 2.68. The van der Waals surface area contributed by atoms with E-state index in [4.69, 9.17) is 4.74 Å². The molecule has 4 rings (SSSR count). The average Bonchev–Trinajstić information content (AvgIpc) is 3.44. The van der Waals surface area contributed by atoms with Gasteiger partial charge in [0.15, 0.2) is 0 Å². The Labute approximate surface area is 173 Å². The predicted octanol–water partition coefficient (Wildman–Crippen LogP) is 3.30. The van der Waals surface area contributed by atoms with Crippen molar-refractivity contribution in [3.63, 3.8) is 0 Å². The highest BCUT2D eigenvalue weighted by molar-refractivity contribution is 7.10. The van der Waals surface area contributed by atoms with Gasteiger partial charge in [-0.05, 0) is 30.0 Å². The van der Waals surface area contributed by atoms with E-state index in [0.29, 0.717) is 12.1 Å². The van der Waals surface area contributed by atoms with Crippen molar-refractivity contribution in [3.05, 3.63) is 52.7 Å². The molecule has 2 fully saturated rings. The summed E-state index contributed by atoms with van der Waals surface area (Å²) in [5.74, 6) is -2.51. The third kappa shape index (κ3) is 3.00. The zero-order chi connectivity index (χ0) is 20.6.